The van der Waals surface area contributed by atoms with Crippen molar-refractivity contribution in [1.29, 1.82) is 0 Å². The quantitative estimate of drug-likeness (QED) is 0.241. The number of imidazole rings is 1. The van der Waals surface area contributed by atoms with Crippen LogP contribution in [-0.2, 0) is 17.4 Å². The van der Waals surface area contributed by atoms with Gasteiger partial charge in [-0.3, -0.25) is 14.5 Å². The zero-order valence-electron chi connectivity index (χ0n) is 24.7. The van der Waals surface area contributed by atoms with Crippen molar-refractivity contribution < 1.29 is 22.8 Å². The Morgan fingerprint density at radius 1 is 1.16 bits per heavy atom. The number of nitrogens with zero attached hydrogens (tertiary/aromatic N) is 5. The van der Waals surface area contributed by atoms with Crippen LogP contribution in [0, 0.1) is 18.8 Å². The van der Waals surface area contributed by atoms with Gasteiger partial charge in [-0.2, -0.15) is 18.3 Å². The number of likely N-dealkylation sites (tertiary alicyclic amines) is 1. The van der Waals surface area contributed by atoms with Crippen LogP contribution >= 0.6 is 15.9 Å². The average Bonchev–Trinajstić information content (AvgIpc) is 3.58. The topological polar surface area (TPSA) is 87.1 Å². The highest BCUT2D eigenvalue weighted by Gasteiger charge is 2.48. The lowest BCUT2D eigenvalue weighted by Gasteiger charge is -2.47. The van der Waals surface area contributed by atoms with Crippen molar-refractivity contribution >= 4 is 39.2 Å². The molecule has 2 unspecified atom stereocenters. The normalized spacial score (nSPS) is 20.2. The van der Waals surface area contributed by atoms with Crippen molar-refractivity contribution in [3.05, 3.63) is 81.8 Å². The van der Waals surface area contributed by atoms with Crippen LogP contribution < -0.4 is 4.90 Å². The van der Waals surface area contributed by atoms with Gasteiger partial charge in [0, 0.05) is 39.4 Å². The highest BCUT2D eigenvalue weighted by atomic mass is 79.9. The number of aromatic amines is 1. The van der Waals surface area contributed by atoms with Gasteiger partial charge in [0.25, 0.3) is 5.91 Å². The molecule has 0 radical (unpaired) electrons. The van der Waals surface area contributed by atoms with Crippen LogP contribution in [0.3, 0.4) is 0 Å². The number of carbonyl (C=O) groups is 2. The minimum Gasteiger partial charge on any atom is -0.348 e. The van der Waals surface area contributed by atoms with E-state index in [0.29, 0.717) is 30.3 Å². The van der Waals surface area contributed by atoms with Gasteiger partial charge in [0.2, 0.25) is 5.91 Å². The molecule has 2 amide bonds. The lowest BCUT2D eigenvalue weighted by atomic mass is 9.84. The number of nitrogens with one attached hydrogen (secondary N) is 1. The Labute approximate surface area is 261 Å². The molecule has 4 heterocycles. The van der Waals surface area contributed by atoms with Crippen molar-refractivity contribution in [1.82, 2.24) is 24.6 Å². The van der Waals surface area contributed by atoms with Crippen LogP contribution in [0.1, 0.15) is 60.4 Å². The van der Waals surface area contributed by atoms with E-state index in [0.717, 1.165) is 28.6 Å². The fraction of sp³-hybridized carbons (Fsp3) is 0.375. The first kappa shape index (κ1) is 30.1. The minimum absolute atomic E-state index is 0.0528. The molecule has 230 valence electrons. The van der Waals surface area contributed by atoms with Crippen LogP contribution in [0.15, 0.2) is 59.5 Å². The van der Waals surface area contributed by atoms with E-state index >= 15 is 0 Å². The van der Waals surface area contributed by atoms with Crippen LogP contribution in [0.25, 0.3) is 11.3 Å². The summed E-state index contributed by atoms with van der Waals surface area (Å²) in [4.78, 5) is 38.8. The molecule has 0 bridgehead atoms. The standard InChI is InChI=1S/C32H32BrF3N6O2/c1-17(2)11-22-14-39-42-27-15-40(30(43)21-7-10-26(33)25(13-21)32(34,35)36)18(3)12-24(27)31(44)41(29(22)42)23-8-5-20(6-9-23)28-19(4)37-16-38-28/h5-10,13-14,16-18,24,27H,11-12,15H2,1-4H3,(H,37,38)/t18-,24?,27?/m1/s1. The number of hydrogen-bond acceptors (Lipinski definition) is 4. The minimum atomic E-state index is -4.61. The number of anilines is 2. The van der Waals surface area contributed by atoms with Gasteiger partial charge < -0.3 is 9.88 Å². The fourth-order valence-corrected chi connectivity index (χ4v) is 6.87. The summed E-state index contributed by atoms with van der Waals surface area (Å²) in [5.41, 5.74) is 3.37. The monoisotopic (exact) mass is 668 g/mol. The SMILES string of the molecule is Cc1[nH]cnc1-c1ccc(N2C(=O)C3C[C@@H](C)N(C(=O)c4ccc(Br)c(C(F)(F)F)c4)CC3n3ncc(CC(C)C)c32)cc1. The number of aromatic nitrogens is 4. The summed E-state index contributed by atoms with van der Waals surface area (Å²) in [5, 5.41) is 4.74. The predicted octanol–water partition coefficient (Wildman–Crippen LogP) is 7.33. The summed E-state index contributed by atoms with van der Waals surface area (Å²) < 4.78 is 42.5. The number of fused-ring (bicyclic) bond motifs is 3. The lowest BCUT2D eigenvalue weighted by molar-refractivity contribution is -0.138. The Kier molecular flexibility index (Phi) is 7.67. The van der Waals surface area contributed by atoms with Gasteiger partial charge in [0.1, 0.15) is 5.82 Å². The zero-order valence-corrected chi connectivity index (χ0v) is 26.3. The number of aryl methyl sites for hydroxylation is 1. The molecular formula is C32H32BrF3N6O2. The molecule has 4 aromatic rings. The number of H-pyrrole nitrogens is 1. The van der Waals surface area contributed by atoms with Gasteiger partial charge in [0.15, 0.2) is 0 Å². The van der Waals surface area contributed by atoms with E-state index in [-0.39, 0.29) is 28.5 Å². The van der Waals surface area contributed by atoms with Crippen molar-refractivity contribution in [2.45, 2.75) is 58.8 Å². The number of rotatable bonds is 5. The third-order valence-corrected chi connectivity index (χ3v) is 9.21. The van der Waals surface area contributed by atoms with Crippen LogP contribution in [0.5, 0.6) is 0 Å². The third-order valence-electron chi connectivity index (χ3n) is 8.52. The lowest BCUT2D eigenvalue weighted by Crippen LogP contribution is -2.56. The molecule has 2 aromatic carbocycles. The number of alkyl halides is 3. The third kappa shape index (κ3) is 5.22. The fourth-order valence-electron chi connectivity index (χ4n) is 6.40. The highest BCUT2D eigenvalue weighted by molar-refractivity contribution is 9.10. The van der Waals surface area contributed by atoms with Crippen molar-refractivity contribution in [3.63, 3.8) is 0 Å². The summed E-state index contributed by atoms with van der Waals surface area (Å²) in [6.45, 7) is 8.12. The summed E-state index contributed by atoms with van der Waals surface area (Å²) in [7, 11) is 0. The molecule has 12 heteroatoms. The van der Waals surface area contributed by atoms with E-state index < -0.39 is 29.6 Å². The number of benzene rings is 2. The molecule has 44 heavy (non-hydrogen) atoms. The molecule has 2 aromatic heterocycles. The Morgan fingerprint density at radius 3 is 2.52 bits per heavy atom. The Morgan fingerprint density at radius 2 is 1.89 bits per heavy atom. The van der Waals surface area contributed by atoms with Crippen molar-refractivity contribution in [3.8, 4) is 11.3 Å². The van der Waals surface area contributed by atoms with E-state index in [1.54, 1.807) is 22.3 Å². The predicted molar refractivity (Wildman–Crippen MR) is 163 cm³/mol. The maximum absolute atomic E-state index is 14.3. The molecule has 0 aliphatic carbocycles. The molecule has 1 saturated heterocycles. The molecule has 8 nitrogen and oxygen atoms in total. The number of halogens is 4. The first-order valence-electron chi connectivity index (χ1n) is 14.5. The second-order valence-electron chi connectivity index (χ2n) is 12.0. The van der Waals surface area contributed by atoms with Gasteiger partial charge in [-0.05, 0) is 62.9 Å². The van der Waals surface area contributed by atoms with Gasteiger partial charge in [-0.15, -0.1) is 0 Å². The second-order valence-corrected chi connectivity index (χ2v) is 12.9. The molecule has 2 aliphatic rings. The summed E-state index contributed by atoms with van der Waals surface area (Å²) >= 11 is 2.95. The Bertz CT molecular complexity index is 1730. The average molecular weight is 670 g/mol. The maximum atomic E-state index is 14.3. The maximum Gasteiger partial charge on any atom is 0.417 e. The van der Waals surface area contributed by atoms with Crippen molar-refractivity contribution in [2.24, 2.45) is 11.8 Å². The smallest absolute Gasteiger partial charge is 0.348 e. The first-order valence-corrected chi connectivity index (χ1v) is 15.3. The number of hydrogen-bond donors (Lipinski definition) is 1. The summed E-state index contributed by atoms with van der Waals surface area (Å²) in [5.74, 6) is -0.105. The summed E-state index contributed by atoms with van der Waals surface area (Å²) in [6, 6.07) is 10.4. The van der Waals surface area contributed by atoms with E-state index in [2.05, 4.69) is 39.7 Å². The Hall–Kier alpha value is -3.93. The van der Waals surface area contributed by atoms with E-state index in [9.17, 15) is 22.8 Å². The highest BCUT2D eigenvalue weighted by Crippen LogP contribution is 2.45. The van der Waals surface area contributed by atoms with E-state index in [1.807, 2.05) is 42.8 Å². The molecule has 6 rings (SSSR count). The van der Waals surface area contributed by atoms with E-state index in [4.69, 9.17) is 5.10 Å². The number of piperidine rings is 1. The summed E-state index contributed by atoms with van der Waals surface area (Å²) in [6.07, 6.45) is -0.141. The van der Waals surface area contributed by atoms with Gasteiger partial charge in [-0.1, -0.05) is 41.9 Å². The molecule has 1 N–H and O–H groups in total. The Balaban J connectivity index is 1.37. The molecule has 2 aliphatic heterocycles. The molecule has 0 spiro atoms. The van der Waals surface area contributed by atoms with Gasteiger partial charge in [-0.25, -0.2) is 9.67 Å². The van der Waals surface area contributed by atoms with Crippen LogP contribution in [0.4, 0.5) is 24.7 Å². The number of carbonyl (C=O) groups excluding carboxylic acids is 2. The van der Waals surface area contributed by atoms with E-state index in [1.165, 1.54) is 12.1 Å². The zero-order chi connectivity index (χ0) is 31.5. The van der Waals surface area contributed by atoms with Crippen LogP contribution in [0.2, 0.25) is 0 Å². The van der Waals surface area contributed by atoms with Crippen LogP contribution in [-0.4, -0.2) is 49.0 Å². The second kappa shape index (κ2) is 11.2. The van der Waals surface area contributed by atoms with Gasteiger partial charge >= 0.3 is 6.18 Å². The molecule has 1 fully saturated rings. The van der Waals surface area contributed by atoms with Crippen molar-refractivity contribution in [2.75, 3.05) is 11.4 Å². The first-order chi connectivity index (χ1) is 20.8. The molecular weight excluding hydrogens is 637 g/mol. The molecule has 0 saturated carbocycles. The molecule has 3 atom stereocenters. The number of amides is 2. The van der Waals surface area contributed by atoms with Gasteiger partial charge in [0.05, 0.1) is 41.4 Å². The largest absolute Gasteiger partial charge is 0.417 e.